The highest BCUT2D eigenvalue weighted by Crippen LogP contribution is 2.38. The van der Waals surface area contributed by atoms with E-state index in [0.29, 0.717) is 12.2 Å². The van der Waals surface area contributed by atoms with Gasteiger partial charge in [-0.25, -0.2) is 4.79 Å². The lowest BCUT2D eigenvalue weighted by Crippen LogP contribution is -2.59. The van der Waals surface area contributed by atoms with E-state index in [-0.39, 0.29) is 18.4 Å². The third kappa shape index (κ3) is 5.32. The molecule has 1 amide bonds. The quantitative estimate of drug-likeness (QED) is 0.390. The summed E-state index contributed by atoms with van der Waals surface area (Å²) >= 11 is 0. The van der Waals surface area contributed by atoms with Crippen LogP contribution in [-0.2, 0) is 16.1 Å². The van der Waals surface area contributed by atoms with Crippen LogP contribution in [0.1, 0.15) is 70.8 Å². The summed E-state index contributed by atoms with van der Waals surface area (Å²) in [6.07, 6.45) is 6.84. The van der Waals surface area contributed by atoms with Gasteiger partial charge in [0.1, 0.15) is 5.54 Å². The molecule has 190 valence electrons. The largest absolute Gasteiger partial charge is 0.479 e. The Morgan fingerprint density at radius 3 is 2.36 bits per heavy atom. The zero-order chi connectivity index (χ0) is 25.5. The molecule has 0 bridgehead atoms. The van der Waals surface area contributed by atoms with Crippen LogP contribution in [0, 0.1) is 5.92 Å². The minimum absolute atomic E-state index is 0.0459. The van der Waals surface area contributed by atoms with Crippen LogP contribution in [0.3, 0.4) is 0 Å². The van der Waals surface area contributed by atoms with Gasteiger partial charge in [-0.15, -0.1) is 10.2 Å². The molecule has 4 rings (SSSR count). The van der Waals surface area contributed by atoms with Crippen LogP contribution >= 0.6 is 0 Å². The summed E-state index contributed by atoms with van der Waals surface area (Å²) in [5.74, 6) is -0.522. The number of unbranched alkanes of at least 4 members (excludes halogenated alkanes) is 1. The zero-order valence-electron chi connectivity index (χ0n) is 21.1. The Labute approximate surface area is 212 Å². The van der Waals surface area contributed by atoms with Crippen molar-refractivity contribution in [1.82, 2.24) is 25.5 Å². The van der Waals surface area contributed by atoms with Crippen molar-refractivity contribution in [2.45, 2.75) is 77.3 Å². The first-order chi connectivity index (χ1) is 17.4. The number of carboxylic acid groups (broad SMARTS) is 1. The average Bonchev–Trinajstić information content (AvgIpc) is 3.46. The number of aliphatic carboxylic acids is 1. The summed E-state index contributed by atoms with van der Waals surface area (Å²) in [5, 5.41) is 24.8. The average molecular weight is 490 g/mol. The highest BCUT2D eigenvalue weighted by atomic mass is 16.4. The number of benzene rings is 2. The van der Waals surface area contributed by atoms with Gasteiger partial charge in [-0.1, -0.05) is 81.1 Å². The van der Waals surface area contributed by atoms with Crippen LogP contribution in [0.2, 0.25) is 0 Å². The Balaban J connectivity index is 1.64. The molecule has 0 radical (unpaired) electrons. The van der Waals surface area contributed by atoms with Gasteiger partial charge >= 0.3 is 5.97 Å². The fourth-order valence-electron chi connectivity index (χ4n) is 5.33. The molecular weight excluding hydrogens is 454 g/mol. The molecule has 1 heterocycles. The summed E-state index contributed by atoms with van der Waals surface area (Å²) < 4.78 is 0. The molecule has 0 spiro atoms. The summed E-state index contributed by atoms with van der Waals surface area (Å²) in [5.41, 5.74) is 2.50. The van der Waals surface area contributed by atoms with E-state index in [9.17, 15) is 14.7 Å². The monoisotopic (exact) mass is 489 g/mol. The summed E-state index contributed by atoms with van der Waals surface area (Å²) in [4.78, 5) is 27.8. The third-order valence-corrected chi connectivity index (χ3v) is 7.56. The number of hydrogen-bond donors (Lipinski definition) is 2. The Kier molecular flexibility index (Phi) is 8.13. The normalized spacial score (nSPS) is 15.8. The molecule has 0 unspecified atom stereocenters. The Morgan fingerprint density at radius 2 is 1.75 bits per heavy atom. The maximum absolute atomic E-state index is 13.4. The minimum atomic E-state index is -1.23. The molecule has 1 aliphatic carbocycles. The van der Waals surface area contributed by atoms with Gasteiger partial charge in [-0.3, -0.25) is 4.79 Å². The molecule has 2 N–H and O–H groups in total. The van der Waals surface area contributed by atoms with E-state index >= 15 is 0 Å². The first-order valence-electron chi connectivity index (χ1n) is 12.9. The molecule has 1 aliphatic rings. The number of aromatic amines is 1. The lowest BCUT2D eigenvalue weighted by Gasteiger charge is -2.45. The van der Waals surface area contributed by atoms with Crippen LogP contribution in [0.5, 0.6) is 0 Å². The molecule has 1 saturated carbocycles. The van der Waals surface area contributed by atoms with Crippen molar-refractivity contribution < 1.29 is 14.7 Å². The molecule has 3 aromatic rings. The smallest absolute Gasteiger partial charge is 0.329 e. The van der Waals surface area contributed by atoms with Crippen LogP contribution in [0.25, 0.3) is 22.5 Å². The van der Waals surface area contributed by atoms with Crippen LogP contribution < -0.4 is 0 Å². The van der Waals surface area contributed by atoms with Gasteiger partial charge in [0.15, 0.2) is 0 Å². The molecular formula is C28H35N5O3. The summed E-state index contributed by atoms with van der Waals surface area (Å²) in [6.45, 7) is 4.07. The van der Waals surface area contributed by atoms with Gasteiger partial charge in [-0.05, 0) is 54.0 Å². The van der Waals surface area contributed by atoms with Gasteiger partial charge in [0.2, 0.25) is 11.7 Å². The van der Waals surface area contributed by atoms with Crippen molar-refractivity contribution in [2.75, 3.05) is 0 Å². The summed E-state index contributed by atoms with van der Waals surface area (Å²) in [7, 11) is 0. The number of tetrazole rings is 1. The fraction of sp³-hybridized carbons (Fsp3) is 0.464. The predicted molar refractivity (Wildman–Crippen MR) is 138 cm³/mol. The second-order valence-electron chi connectivity index (χ2n) is 9.85. The van der Waals surface area contributed by atoms with Crippen LogP contribution in [0.4, 0.5) is 0 Å². The van der Waals surface area contributed by atoms with Crippen molar-refractivity contribution in [2.24, 2.45) is 5.92 Å². The second-order valence-corrected chi connectivity index (χ2v) is 9.85. The molecule has 1 fully saturated rings. The van der Waals surface area contributed by atoms with Gasteiger partial charge in [0, 0.05) is 18.5 Å². The van der Waals surface area contributed by atoms with Crippen molar-refractivity contribution in [3.05, 3.63) is 54.1 Å². The zero-order valence-corrected chi connectivity index (χ0v) is 21.1. The van der Waals surface area contributed by atoms with E-state index in [4.69, 9.17) is 0 Å². The maximum atomic E-state index is 13.4. The van der Waals surface area contributed by atoms with E-state index in [1.54, 1.807) is 11.8 Å². The highest BCUT2D eigenvalue weighted by molar-refractivity contribution is 5.87. The SMILES string of the molecule is CCCCC(=O)N(Cc1ccc(-c2ccccc2-c2nn[nH]n2)cc1)[C@@](C)(C(=O)O)C1CCCCC1. The molecule has 0 aliphatic heterocycles. The Morgan fingerprint density at radius 1 is 1.06 bits per heavy atom. The number of aromatic nitrogens is 4. The number of hydrogen-bond acceptors (Lipinski definition) is 5. The number of rotatable bonds is 10. The molecule has 2 aromatic carbocycles. The van der Waals surface area contributed by atoms with E-state index in [0.717, 1.165) is 67.2 Å². The maximum Gasteiger partial charge on any atom is 0.329 e. The summed E-state index contributed by atoms with van der Waals surface area (Å²) in [6, 6.07) is 15.8. The highest BCUT2D eigenvalue weighted by Gasteiger charge is 2.48. The number of carbonyl (C=O) groups excluding carboxylic acids is 1. The van der Waals surface area contributed by atoms with Gasteiger partial charge in [0.05, 0.1) is 0 Å². The molecule has 1 aromatic heterocycles. The van der Waals surface area contributed by atoms with Gasteiger partial charge in [-0.2, -0.15) is 5.21 Å². The number of nitrogens with zero attached hydrogens (tertiary/aromatic N) is 4. The molecule has 1 atom stereocenters. The van der Waals surface area contributed by atoms with Crippen LogP contribution in [0.15, 0.2) is 48.5 Å². The second kappa shape index (κ2) is 11.5. The number of amides is 1. The molecule has 36 heavy (non-hydrogen) atoms. The standard InChI is InChI=1S/C28H35N5O3/c1-3-4-14-25(34)33(28(2,27(35)36)22-10-6-5-7-11-22)19-20-15-17-21(18-16-20)23-12-8-9-13-24(23)26-29-31-32-30-26/h8-9,12-13,15-18,22H,3-7,10-11,14,19H2,1-2H3,(H,35,36)(H,29,30,31,32)/t28-/m1/s1. The predicted octanol–water partition coefficient (Wildman–Crippen LogP) is 5.48. The lowest BCUT2D eigenvalue weighted by atomic mass is 9.74. The first-order valence-corrected chi connectivity index (χ1v) is 12.9. The molecule has 8 nitrogen and oxygen atoms in total. The van der Waals surface area contributed by atoms with Crippen molar-refractivity contribution in [3.8, 4) is 22.5 Å². The first kappa shape index (κ1) is 25.5. The van der Waals surface area contributed by atoms with Crippen molar-refractivity contribution >= 4 is 11.9 Å². The molecule has 8 heteroatoms. The number of carbonyl (C=O) groups is 2. The Bertz CT molecular complexity index is 1160. The van der Waals surface area contributed by atoms with E-state index in [1.807, 2.05) is 55.5 Å². The van der Waals surface area contributed by atoms with E-state index in [2.05, 4.69) is 20.6 Å². The lowest BCUT2D eigenvalue weighted by molar-refractivity contribution is -0.164. The van der Waals surface area contributed by atoms with Gasteiger partial charge < -0.3 is 10.0 Å². The topological polar surface area (TPSA) is 112 Å². The fourth-order valence-corrected chi connectivity index (χ4v) is 5.33. The molecule has 0 saturated heterocycles. The van der Waals surface area contributed by atoms with E-state index < -0.39 is 11.5 Å². The van der Waals surface area contributed by atoms with Crippen molar-refractivity contribution in [3.63, 3.8) is 0 Å². The van der Waals surface area contributed by atoms with Crippen molar-refractivity contribution in [1.29, 1.82) is 0 Å². The minimum Gasteiger partial charge on any atom is -0.479 e. The number of nitrogens with one attached hydrogen (secondary N) is 1. The van der Waals surface area contributed by atoms with E-state index in [1.165, 1.54) is 0 Å². The van der Waals surface area contributed by atoms with Crippen LogP contribution in [-0.4, -0.2) is 48.0 Å². The Hall–Kier alpha value is -3.55. The van der Waals surface area contributed by atoms with Gasteiger partial charge in [0.25, 0.3) is 0 Å². The number of H-pyrrole nitrogens is 1. The number of carboxylic acids is 1. The third-order valence-electron chi connectivity index (χ3n) is 7.56.